The maximum absolute atomic E-state index is 11.9. The van der Waals surface area contributed by atoms with Gasteiger partial charge in [0.15, 0.2) is 6.61 Å². The Morgan fingerprint density at radius 3 is 2.65 bits per heavy atom. The second kappa shape index (κ2) is 5.05. The van der Waals surface area contributed by atoms with Crippen LogP contribution in [0, 0.1) is 0 Å². The number of ether oxygens (including phenoxy) is 1. The fourth-order valence-electron chi connectivity index (χ4n) is 1.97. The molecule has 0 fully saturated rings. The second-order valence-corrected chi connectivity index (χ2v) is 4.35. The summed E-state index contributed by atoms with van der Waals surface area (Å²) in [6.07, 6.45) is 1.65. The van der Waals surface area contributed by atoms with Crippen molar-refractivity contribution in [1.29, 1.82) is 0 Å². The number of carbonyl (C=O) groups is 2. The number of para-hydroxylation sites is 1. The highest BCUT2D eigenvalue weighted by Crippen LogP contribution is 2.15. The SMILES string of the molecule is O=C(COC(=O)c1cc2ccccc2[nH]1)c1ccc[nH]1. The molecule has 20 heavy (non-hydrogen) atoms. The first-order valence-electron chi connectivity index (χ1n) is 6.15. The van der Waals surface area contributed by atoms with Crippen LogP contribution >= 0.6 is 0 Å². The average molecular weight is 268 g/mol. The summed E-state index contributed by atoms with van der Waals surface area (Å²) in [5, 5.41) is 0.926. The number of esters is 1. The van der Waals surface area contributed by atoms with E-state index >= 15 is 0 Å². The van der Waals surface area contributed by atoms with E-state index in [0.717, 1.165) is 10.9 Å². The first-order valence-corrected chi connectivity index (χ1v) is 6.15. The van der Waals surface area contributed by atoms with Crippen LogP contribution in [0.4, 0.5) is 0 Å². The predicted molar refractivity (Wildman–Crippen MR) is 73.7 cm³/mol. The quantitative estimate of drug-likeness (QED) is 0.564. The van der Waals surface area contributed by atoms with Crippen molar-refractivity contribution < 1.29 is 14.3 Å². The van der Waals surface area contributed by atoms with Gasteiger partial charge in [-0.25, -0.2) is 4.79 Å². The molecule has 5 heteroatoms. The third-order valence-electron chi connectivity index (χ3n) is 2.98. The first-order chi connectivity index (χ1) is 9.74. The van der Waals surface area contributed by atoms with Gasteiger partial charge in [0, 0.05) is 17.1 Å². The summed E-state index contributed by atoms with van der Waals surface area (Å²) >= 11 is 0. The van der Waals surface area contributed by atoms with Crippen LogP contribution in [0.5, 0.6) is 0 Å². The summed E-state index contributed by atoms with van der Waals surface area (Å²) in [7, 11) is 0. The van der Waals surface area contributed by atoms with Gasteiger partial charge in [-0.2, -0.15) is 0 Å². The molecule has 0 bridgehead atoms. The number of aromatic amines is 2. The molecule has 0 radical (unpaired) electrons. The number of rotatable bonds is 4. The lowest BCUT2D eigenvalue weighted by Gasteiger charge is -2.01. The van der Waals surface area contributed by atoms with Crippen LogP contribution in [-0.4, -0.2) is 28.3 Å². The number of hydrogen-bond donors (Lipinski definition) is 2. The Morgan fingerprint density at radius 1 is 1.05 bits per heavy atom. The van der Waals surface area contributed by atoms with Gasteiger partial charge in [-0.3, -0.25) is 4.79 Å². The summed E-state index contributed by atoms with van der Waals surface area (Å²) < 4.78 is 5.00. The number of H-pyrrole nitrogens is 2. The van der Waals surface area contributed by atoms with Crippen LogP contribution in [0.15, 0.2) is 48.7 Å². The third kappa shape index (κ3) is 2.33. The van der Waals surface area contributed by atoms with Crippen LogP contribution in [0.25, 0.3) is 10.9 Å². The Morgan fingerprint density at radius 2 is 1.90 bits per heavy atom. The average Bonchev–Trinajstić information content (AvgIpc) is 3.12. The zero-order valence-corrected chi connectivity index (χ0v) is 10.6. The highest BCUT2D eigenvalue weighted by molar-refractivity contribution is 5.99. The normalized spacial score (nSPS) is 10.6. The van der Waals surface area contributed by atoms with Crippen molar-refractivity contribution in [3.63, 3.8) is 0 Å². The van der Waals surface area contributed by atoms with Gasteiger partial charge in [0.25, 0.3) is 0 Å². The molecular weight excluding hydrogens is 256 g/mol. The van der Waals surface area contributed by atoms with E-state index in [1.807, 2.05) is 24.3 Å². The van der Waals surface area contributed by atoms with E-state index in [9.17, 15) is 9.59 Å². The van der Waals surface area contributed by atoms with Gasteiger partial charge in [-0.05, 0) is 24.3 Å². The molecule has 0 atom stereocenters. The van der Waals surface area contributed by atoms with Crippen LogP contribution < -0.4 is 0 Å². The highest BCUT2D eigenvalue weighted by atomic mass is 16.5. The summed E-state index contributed by atoms with van der Waals surface area (Å²) in [6, 6.07) is 12.6. The molecule has 0 unspecified atom stereocenters. The number of Topliss-reactive ketones (excluding diaryl/α,β-unsaturated/α-hetero) is 1. The van der Waals surface area contributed by atoms with E-state index < -0.39 is 5.97 Å². The minimum absolute atomic E-state index is 0.264. The second-order valence-electron chi connectivity index (χ2n) is 4.35. The third-order valence-corrected chi connectivity index (χ3v) is 2.98. The maximum Gasteiger partial charge on any atom is 0.355 e. The molecule has 1 aromatic carbocycles. The van der Waals surface area contributed by atoms with E-state index in [0.29, 0.717) is 11.4 Å². The molecule has 3 rings (SSSR count). The smallest absolute Gasteiger partial charge is 0.355 e. The molecule has 0 saturated heterocycles. The Labute approximate surface area is 114 Å². The van der Waals surface area contributed by atoms with Crippen molar-refractivity contribution >= 4 is 22.7 Å². The molecular formula is C15H12N2O3. The van der Waals surface area contributed by atoms with Crippen LogP contribution in [0.2, 0.25) is 0 Å². The van der Waals surface area contributed by atoms with Gasteiger partial charge in [0.05, 0.1) is 5.69 Å². The summed E-state index contributed by atoms with van der Waals surface area (Å²) in [5.74, 6) is -0.805. The zero-order chi connectivity index (χ0) is 13.9. The number of aromatic nitrogens is 2. The number of ketones is 1. The molecule has 0 aliphatic rings. The standard InChI is InChI=1S/C15H12N2O3/c18-14(12-6-3-7-16-12)9-20-15(19)13-8-10-4-1-2-5-11(10)17-13/h1-8,16-17H,9H2. The lowest BCUT2D eigenvalue weighted by Crippen LogP contribution is -2.14. The van der Waals surface area contributed by atoms with E-state index in [1.54, 1.807) is 24.4 Å². The van der Waals surface area contributed by atoms with Gasteiger partial charge in [0.2, 0.25) is 5.78 Å². The van der Waals surface area contributed by atoms with E-state index in [4.69, 9.17) is 4.74 Å². The molecule has 0 saturated carbocycles. The van der Waals surface area contributed by atoms with Gasteiger partial charge in [-0.1, -0.05) is 18.2 Å². The Bertz CT molecular complexity index is 723. The Kier molecular flexibility index (Phi) is 3.09. The largest absolute Gasteiger partial charge is 0.453 e. The lowest BCUT2D eigenvalue weighted by molar-refractivity contribution is 0.0469. The molecule has 2 N–H and O–H groups in total. The van der Waals surface area contributed by atoms with Crippen molar-refractivity contribution in [2.24, 2.45) is 0 Å². The van der Waals surface area contributed by atoms with Crippen molar-refractivity contribution in [1.82, 2.24) is 9.97 Å². The number of benzene rings is 1. The Balaban J connectivity index is 1.68. The molecule has 0 amide bonds. The van der Waals surface area contributed by atoms with E-state index in [1.165, 1.54) is 0 Å². The topological polar surface area (TPSA) is 75.0 Å². The van der Waals surface area contributed by atoms with Gasteiger partial charge in [0.1, 0.15) is 5.69 Å². The number of carbonyl (C=O) groups excluding carboxylic acids is 2. The van der Waals surface area contributed by atoms with Gasteiger partial charge >= 0.3 is 5.97 Å². The van der Waals surface area contributed by atoms with E-state index in [2.05, 4.69) is 9.97 Å². The summed E-state index contributed by atoms with van der Waals surface area (Å²) in [5.41, 5.74) is 1.62. The predicted octanol–water partition coefficient (Wildman–Crippen LogP) is 2.54. The number of hydrogen-bond acceptors (Lipinski definition) is 3. The lowest BCUT2D eigenvalue weighted by atomic mass is 10.2. The molecule has 2 heterocycles. The Hall–Kier alpha value is -2.82. The highest BCUT2D eigenvalue weighted by Gasteiger charge is 2.14. The summed E-state index contributed by atoms with van der Waals surface area (Å²) in [4.78, 5) is 29.3. The first kappa shape index (κ1) is 12.2. The van der Waals surface area contributed by atoms with Crippen LogP contribution in [0.1, 0.15) is 21.0 Å². The van der Waals surface area contributed by atoms with Gasteiger partial charge < -0.3 is 14.7 Å². The molecule has 2 aromatic heterocycles. The fraction of sp³-hybridized carbons (Fsp3) is 0.0667. The molecule has 5 nitrogen and oxygen atoms in total. The van der Waals surface area contributed by atoms with Crippen molar-refractivity contribution in [3.05, 3.63) is 60.0 Å². The van der Waals surface area contributed by atoms with Crippen molar-refractivity contribution in [2.45, 2.75) is 0 Å². The van der Waals surface area contributed by atoms with Crippen molar-refractivity contribution in [2.75, 3.05) is 6.61 Å². The summed E-state index contributed by atoms with van der Waals surface area (Å²) in [6.45, 7) is -0.283. The molecule has 0 spiro atoms. The van der Waals surface area contributed by atoms with Crippen LogP contribution in [-0.2, 0) is 4.74 Å². The maximum atomic E-state index is 11.9. The number of nitrogens with one attached hydrogen (secondary N) is 2. The minimum atomic E-state index is -0.541. The number of fused-ring (bicyclic) bond motifs is 1. The minimum Gasteiger partial charge on any atom is -0.453 e. The molecule has 3 aromatic rings. The monoisotopic (exact) mass is 268 g/mol. The van der Waals surface area contributed by atoms with Gasteiger partial charge in [-0.15, -0.1) is 0 Å². The zero-order valence-electron chi connectivity index (χ0n) is 10.6. The molecule has 100 valence electrons. The van der Waals surface area contributed by atoms with E-state index in [-0.39, 0.29) is 12.4 Å². The van der Waals surface area contributed by atoms with Crippen LogP contribution in [0.3, 0.4) is 0 Å². The molecule has 0 aliphatic carbocycles. The molecule has 0 aliphatic heterocycles. The van der Waals surface area contributed by atoms with Crippen molar-refractivity contribution in [3.8, 4) is 0 Å². The fourth-order valence-corrected chi connectivity index (χ4v) is 1.97.